The van der Waals surface area contributed by atoms with Crippen LogP contribution in [0.2, 0.25) is 19.6 Å². The van der Waals surface area contributed by atoms with E-state index in [1.54, 1.807) is 0 Å². The van der Waals surface area contributed by atoms with Crippen molar-refractivity contribution in [2.45, 2.75) is 32.5 Å². The fourth-order valence-electron chi connectivity index (χ4n) is 2.43. The van der Waals surface area contributed by atoms with E-state index in [1.165, 1.54) is 14.2 Å². The molecule has 5 heteroatoms. The topological polar surface area (TPSA) is 52.6 Å². The largest absolute Gasteiger partial charge is 0.468 e. The van der Waals surface area contributed by atoms with Gasteiger partial charge in [0.2, 0.25) is 0 Å². The summed E-state index contributed by atoms with van der Waals surface area (Å²) in [7, 11) is 1.13. The third kappa shape index (κ3) is 3.15. The van der Waals surface area contributed by atoms with Crippen LogP contribution >= 0.6 is 0 Å². The minimum atomic E-state index is -1.44. The molecular weight excluding hydrogens is 260 g/mol. The molecule has 0 bridgehead atoms. The van der Waals surface area contributed by atoms with Gasteiger partial charge in [-0.1, -0.05) is 43.1 Å². The number of hydrogen-bond donors (Lipinski definition) is 0. The third-order valence-electron chi connectivity index (χ3n) is 3.22. The lowest BCUT2D eigenvalue weighted by atomic mass is 9.86. The molecule has 0 heterocycles. The van der Waals surface area contributed by atoms with E-state index in [1.807, 2.05) is 0 Å². The fourth-order valence-corrected chi connectivity index (χ4v) is 3.78. The third-order valence-corrected chi connectivity index (χ3v) is 4.44. The Labute approximate surface area is 115 Å². The zero-order chi connectivity index (χ0) is 14.8. The Kier molecular flexibility index (Phi) is 4.40. The average Bonchev–Trinajstić information content (AvgIpc) is 2.63. The minimum Gasteiger partial charge on any atom is -0.468 e. The van der Waals surface area contributed by atoms with Crippen molar-refractivity contribution >= 4 is 20.0 Å². The van der Waals surface area contributed by atoms with E-state index in [0.717, 1.165) is 11.1 Å². The van der Waals surface area contributed by atoms with Crippen molar-refractivity contribution in [3.63, 3.8) is 0 Å². The summed E-state index contributed by atoms with van der Waals surface area (Å²) in [6.07, 6.45) is 0.609. The van der Waals surface area contributed by atoms with E-state index >= 15 is 0 Å². The van der Waals surface area contributed by atoms with E-state index in [2.05, 4.69) is 31.9 Å². The number of esters is 2. The summed E-state index contributed by atoms with van der Waals surface area (Å²) in [5.74, 6) is -1.08. The highest BCUT2D eigenvalue weighted by Gasteiger charge is 2.53. The van der Waals surface area contributed by atoms with Gasteiger partial charge in [0.05, 0.1) is 22.3 Å². The van der Waals surface area contributed by atoms with Crippen LogP contribution in [-0.2, 0) is 19.1 Å². The summed E-state index contributed by atoms with van der Waals surface area (Å²) in [6, 6.07) is 0. The summed E-state index contributed by atoms with van der Waals surface area (Å²) in [5, 5.41) is 0. The molecular formula is C14H22O4Si. The molecule has 0 aliphatic heterocycles. The molecule has 0 spiro atoms. The Bertz CT molecular complexity index is 427. The van der Waals surface area contributed by atoms with Crippen LogP contribution in [0.3, 0.4) is 0 Å². The molecule has 0 aromatic rings. The van der Waals surface area contributed by atoms with Crippen LogP contribution in [-0.4, -0.2) is 34.2 Å². The molecule has 0 N–H and O–H groups in total. The maximum atomic E-state index is 12.0. The number of hydrogen-bond acceptors (Lipinski definition) is 4. The van der Waals surface area contributed by atoms with Gasteiger partial charge in [0, 0.05) is 0 Å². The quantitative estimate of drug-likeness (QED) is 0.453. The van der Waals surface area contributed by atoms with Gasteiger partial charge in [-0.2, -0.15) is 0 Å². The fraction of sp³-hybridized carbons (Fsp3) is 0.571. The molecule has 0 unspecified atom stereocenters. The first-order valence-electron chi connectivity index (χ1n) is 6.23. The molecule has 0 amide bonds. The van der Waals surface area contributed by atoms with Gasteiger partial charge < -0.3 is 9.47 Å². The first kappa shape index (κ1) is 15.7. The second-order valence-electron chi connectivity index (χ2n) is 6.06. The highest BCUT2D eigenvalue weighted by Crippen LogP contribution is 2.46. The zero-order valence-electron chi connectivity index (χ0n) is 12.3. The van der Waals surface area contributed by atoms with Gasteiger partial charge in [-0.3, -0.25) is 9.59 Å². The number of rotatable bonds is 3. The summed E-state index contributed by atoms with van der Waals surface area (Å²) in [5.41, 5.74) is 2.77. The summed E-state index contributed by atoms with van der Waals surface area (Å²) < 4.78 is 9.58. The standard InChI is InChI=1S/C14H22O4Si/c1-10-7-14(12(15)17-2,13(16)18-3)8-11(10)9-19(4,5)6/h9H,1,7-8H2,2-6H3/b11-9-. The summed E-state index contributed by atoms with van der Waals surface area (Å²) in [6.45, 7) is 10.6. The predicted octanol–water partition coefficient (Wildman–Crippen LogP) is 2.47. The van der Waals surface area contributed by atoms with Crippen molar-refractivity contribution < 1.29 is 19.1 Å². The zero-order valence-corrected chi connectivity index (χ0v) is 13.3. The Morgan fingerprint density at radius 2 is 1.63 bits per heavy atom. The Balaban J connectivity index is 3.20. The van der Waals surface area contributed by atoms with Crippen molar-refractivity contribution in [2.24, 2.45) is 5.41 Å². The molecule has 4 nitrogen and oxygen atoms in total. The van der Waals surface area contributed by atoms with Crippen LogP contribution < -0.4 is 0 Å². The van der Waals surface area contributed by atoms with E-state index in [9.17, 15) is 9.59 Å². The molecule has 0 aromatic heterocycles. The van der Waals surface area contributed by atoms with Crippen LogP contribution in [0.1, 0.15) is 12.8 Å². The lowest BCUT2D eigenvalue weighted by molar-refractivity contribution is -0.168. The van der Waals surface area contributed by atoms with Gasteiger partial charge in [-0.25, -0.2) is 0 Å². The Morgan fingerprint density at radius 3 is 2.00 bits per heavy atom. The molecule has 1 rings (SSSR count). The molecule has 19 heavy (non-hydrogen) atoms. The number of ether oxygens (including phenoxy) is 2. The van der Waals surface area contributed by atoms with Crippen LogP contribution in [0, 0.1) is 5.41 Å². The van der Waals surface area contributed by atoms with Gasteiger partial charge in [0.15, 0.2) is 5.41 Å². The number of allylic oxidation sites excluding steroid dienone is 2. The van der Waals surface area contributed by atoms with Crippen LogP contribution in [0.5, 0.6) is 0 Å². The smallest absolute Gasteiger partial charge is 0.323 e. The second-order valence-corrected chi connectivity index (χ2v) is 11.1. The monoisotopic (exact) mass is 282 g/mol. The van der Waals surface area contributed by atoms with Crippen molar-refractivity contribution in [3.8, 4) is 0 Å². The predicted molar refractivity (Wildman–Crippen MR) is 76.3 cm³/mol. The molecule has 1 aliphatic rings. The lowest BCUT2D eigenvalue weighted by Gasteiger charge is -2.22. The summed E-state index contributed by atoms with van der Waals surface area (Å²) >= 11 is 0. The Hall–Kier alpha value is -1.36. The molecule has 0 aromatic carbocycles. The van der Waals surface area contributed by atoms with E-state index in [4.69, 9.17) is 9.47 Å². The highest BCUT2D eigenvalue weighted by atomic mass is 28.3. The normalized spacial score (nSPS) is 20.5. The van der Waals surface area contributed by atoms with Gasteiger partial charge in [-0.15, -0.1) is 0 Å². The van der Waals surface area contributed by atoms with Crippen LogP contribution in [0.15, 0.2) is 23.4 Å². The van der Waals surface area contributed by atoms with E-state index in [-0.39, 0.29) is 6.42 Å². The van der Waals surface area contributed by atoms with Crippen molar-refractivity contribution in [1.29, 1.82) is 0 Å². The molecule has 1 saturated carbocycles. The molecule has 1 aliphatic carbocycles. The molecule has 0 saturated heterocycles. The SMILES string of the molecule is C=C1CC(C(=O)OC)(C(=O)OC)C/C1=C/[Si](C)(C)C. The lowest BCUT2D eigenvalue weighted by Crippen LogP contribution is -2.38. The maximum Gasteiger partial charge on any atom is 0.323 e. The first-order chi connectivity index (χ1) is 8.66. The van der Waals surface area contributed by atoms with E-state index in [0.29, 0.717) is 6.42 Å². The van der Waals surface area contributed by atoms with Crippen LogP contribution in [0.4, 0.5) is 0 Å². The van der Waals surface area contributed by atoms with E-state index < -0.39 is 25.4 Å². The van der Waals surface area contributed by atoms with Gasteiger partial charge in [0.25, 0.3) is 0 Å². The molecule has 0 atom stereocenters. The van der Waals surface area contributed by atoms with Crippen molar-refractivity contribution in [3.05, 3.63) is 23.4 Å². The maximum absolute atomic E-state index is 12.0. The first-order valence-corrected chi connectivity index (χ1v) is 9.81. The summed E-state index contributed by atoms with van der Waals surface area (Å²) in [4.78, 5) is 24.0. The number of carbonyl (C=O) groups excluding carboxylic acids is 2. The average molecular weight is 282 g/mol. The second kappa shape index (κ2) is 5.33. The molecule has 0 radical (unpaired) electrons. The number of carbonyl (C=O) groups is 2. The van der Waals surface area contributed by atoms with Gasteiger partial charge in [-0.05, 0) is 12.8 Å². The molecule has 106 valence electrons. The highest BCUT2D eigenvalue weighted by molar-refractivity contribution is 6.81. The number of methoxy groups -OCH3 is 2. The van der Waals surface area contributed by atoms with Crippen molar-refractivity contribution in [2.75, 3.05) is 14.2 Å². The van der Waals surface area contributed by atoms with Crippen molar-refractivity contribution in [1.82, 2.24) is 0 Å². The van der Waals surface area contributed by atoms with Gasteiger partial charge in [0.1, 0.15) is 0 Å². The van der Waals surface area contributed by atoms with Crippen LogP contribution in [0.25, 0.3) is 0 Å². The Morgan fingerprint density at radius 1 is 1.16 bits per heavy atom. The molecule has 1 fully saturated rings. The minimum absolute atomic E-state index is 0.280. The van der Waals surface area contributed by atoms with Gasteiger partial charge >= 0.3 is 11.9 Å².